The number of benzene rings is 1. The molecular weight excluding hydrogens is 366 g/mol. The van der Waals surface area contributed by atoms with E-state index in [4.69, 9.17) is 9.47 Å². The van der Waals surface area contributed by atoms with Crippen molar-refractivity contribution in [2.75, 3.05) is 20.3 Å². The molecule has 144 valence electrons. The third-order valence-electron chi connectivity index (χ3n) is 3.83. The third-order valence-corrected chi connectivity index (χ3v) is 4.87. The van der Waals surface area contributed by atoms with Crippen LogP contribution >= 0.6 is 11.3 Å². The molecule has 0 saturated carbocycles. The lowest BCUT2D eigenvalue weighted by Crippen LogP contribution is -2.30. The summed E-state index contributed by atoms with van der Waals surface area (Å²) in [6.45, 7) is 2.02. The van der Waals surface area contributed by atoms with Gasteiger partial charge in [-0.25, -0.2) is 0 Å². The standard InChI is InChI=1S/C20H23NO5S/c1-14-3-9-18(27-14)17(22)8-10-20(24)26-13-19(23)21-12-11-15-4-6-16(25-2)7-5-15/h3-7,9H,8,10-13H2,1-2H3,(H,21,23). The Morgan fingerprint density at radius 3 is 2.41 bits per heavy atom. The van der Waals surface area contributed by atoms with Gasteiger partial charge in [0, 0.05) is 17.8 Å². The van der Waals surface area contributed by atoms with Gasteiger partial charge in [0.05, 0.1) is 18.4 Å². The maximum atomic E-state index is 11.9. The van der Waals surface area contributed by atoms with Crippen molar-refractivity contribution in [2.45, 2.75) is 26.2 Å². The zero-order valence-corrected chi connectivity index (χ0v) is 16.3. The van der Waals surface area contributed by atoms with E-state index in [1.165, 1.54) is 11.3 Å². The molecule has 0 radical (unpaired) electrons. The molecule has 27 heavy (non-hydrogen) atoms. The molecule has 0 aliphatic rings. The summed E-state index contributed by atoms with van der Waals surface area (Å²) < 4.78 is 10.0. The van der Waals surface area contributed by atoms with Crippen LogP contribution in [-0.4, -0.2) is 37.9 Å². The van der Waals surface area contributed by atoms with Crippen molar-refractivity contribution in [3.63, 3.8) is 0 Å². The SMILES string of the molecule is COc1ccc(CCNC(=O)COC(=O)CCC(=O)c2ccc(C)s2)cc1. The molecule has 2 aromatic rings. The van der Waals surface area contributed by atoms with E-state index in [1.54, 1.807) is 13.2 Å². The van der Waals surface area contributed by atoms with Crippen LogP contribution in [0.3, 0.4) is 0 Å². The molecule has 0 unspecified atom stereocenters. The molecule has 0 fully saturated rings. The van der Waals surface area contributed by atoms with Crippen molar-refractivity contribution in [3.8, 4) is 5.75 Å². The first-order valence-electron chi connectivity index (χ1n) is 8.63. The van der Waals surface area contributed by atoms with Crippen LogP contribution in [0, 0.1) is 6.92 Å². The molecule has 1 aromatic carbocycles. The number of nitrogens with one attached hydrogen (secondary N) is 1. The van der Waals surface area contributed by atoms with Crippen molar-refractivity contribution in [3.05, 3.63) is 51.7 Å². The summed E-state index contributed by atoms with van der Waals surface area (Å²) in [4.78, 5) is 37.0. The van der Waals surface area contributed by atoms with Gasteiger partial charge in [-0.2, -0.15) is 0 Å². The Labute approximate surface area is 162 Å². The lowest BCUT2D eigenvalue weighted by molar-refractivity contribution is -0.148. The molecule has 1 amide bonds. The van der Waals surface area contributed by atoms with Crippen LogP contribution in [0.5, 0.6) is 5.75 Å². The van der Waals surface area contributed by atoms with E-state index in [-0.39, 0.29) is 31.1 Å². The van der Waals surface area contributed by atoms with Crippen molar-refractivity contribution in [2.24, 2.45) is 0 Å². The van der Waals surface area contributed by atoms with Crippen LogP contribution < -0.4 is 10.1 Å². The maximum Gasteiger partial charge on any atom is 0.306 e. The predicted octanol–water partition coefficient (Wildman–Crippen LogP) is 2.93. The number of carbonyl (C=O) groups is 3. The molecular formula is C20H23NO5S. The zero-order chi connectivity index (χ0) is 19.6. The summed E-state index contributed by atoms with van der Waals surface area (Å²) in [5.41, 5.74) is 1.07. The molecule has 0 bridgehead atoms. The fourth-order valence-corrected chi connectivity index (χ4v) is 3.17. The van der Waals surface area contributed by atoms with Crippen LogP contribution in [0.15, 0.2) is 36.4 Å². The molecule has 1 aromatic heterocycles. The largest absolute Gasteiger partial charge is 0.497 e. The normalized spacial score (nSPS) is 10.3. The van der Waals surface area contributed by atoms with E-state index in [0.717, 1.165) is 16.2 Å². The minimum Gasteiger partial charge on any atom is -0.497 e. The number of carbonyl (C=O) groups excluding carboxylic acids is 3. The topological polar surface area (TPSA) is 81.7 Å². The van der Waals surface area contributed by atoms with Crippen molar-refractivity contribution >= 4 is 29.0 Å². The number of hydrogen-bond acceptors (Lipinski definition) is 6. The first-order chi connectivity index (χ1) is 13.0. The summed E-state index contributed by atoms with van der Waals surface area (Å²) in [6, 6.07) is 11.2. The Bertz CT molecular complexity index is 782. The number of Topliss-reactive ketones (excluding diaryl/α,β-unsaturated/α-hetero) is 1. The van der Waals surface area contributed by atoms with Gasteiger partial charge in [-0.3, -0.25) is 14.4 Å². The smallest absolute Gasteiger partial charge is 0.306 e. The predicted molar refractivity (Wildman–Crippen MR) is 103 cm³/mol. The number of hydrogen-bond donors (Lipinski definition) is 1. The number of amides is 1. The van der Waals surface area contributed by atoms with Crippen molar-refractivity contribution < 1.29 is 23.9 Å². The lowest BCUT2D eigenvalue weighted by Gasteiger charge is -2.07. The van der Waals surface area contributed by atoms with E-state index in [1.807, 2.05) is 37.3 Å². The third kappa shape index (κ3) is 7.22. The zero-order valence-electron chi connectivity index (χ0n) is 15.4. The lowest BCUT2D eigenvalue weighted by atomic mass is 10.1. The number of esters is 1. The molecule has 2 rings (SSSR count). The van der Waals surface area contributed by atoms with Crippen molar-refractivity contribution in [1.29, 1.82) is 0 Å². The van der Waals surface area contributed by atoms with E-state index < -0.39 is 5.97 Å². The molecule has 0 atom stereocenters. The number of ketones is 1. The first kappa shape index (κ1) is 20.6. The van der Waals surface area contributed by atoms with E-state index in [0.29, 0.717) is 17.8 Å². The Morgan fingerprint density at radius 1 is 1.04 bits per heavy atom. The fourth-order valence-electron chi connectivity index (χ4n) is 2.33. The van der Waals surface area contributed by atoms with Gasteiger partial charge in [0.2, 0.25) is 0 Å². The fraction of sp³-hybridized carbons (Fsp3) is 0.350. The van der Waals surface area contributed by atoms with Crippen LogP contribution in [0.2, 0.25) is 0 Å². The highest BCUT2D eigenvalue weighted by Gasteiger charge is 2.13. The second-order valence-corrected chi connectivity index (χ2v) is 7.23. The highest BCUT2D eigenvalue weighted by molar-refractivity contribution is 7.14. The Balaban J connectivity index is 1.60. The van der Waals surface area contributed by atoms with Gasteiger partial charge in [-0.05, 0) is 43.2 Å². The van der Waals surface area contributed by atoms with Crippen molar-refractivity contribution in [1.82, 2.24) is 5.32 Å². The van der Waals surface area contributed by atoms with E-state index in [9.17, 15) is 14.4 Å². The quantitative estimate of drug-likeness (QED) is 0.499. The Morgan fingerprint density at radius 2 is 1.78 bits per heavy atom. The maximum absolute atomic E-state index is 11.9. The van der Waals surface area contributed by atoms with Gasteiger partial charge in [0.1, 0.15) is 5.75 Å². The summed E-state index contributed by atoms with van der Waals surface area (Å²) >= 11 is 1.40. The van der Waals surface area contributed by atoms with Crippen LogP contribution in [0.4, 0.5) is 0 Å². The molecule has 1 heterocycles. The Hall–Kier alpha value is -2.67. The molecule has 0 aliphatic heterocycles. The number of thiophene rings is 1. The molecule has 7 heteroatoms. The number of methoxy groups -OCH3 is 1. The molecule has 0 spiro atoms. The minimum atomic E-state index is -0.554. The molecule has 0 saturated heterocycles. The molecule has 6 nitrogen and oxygen atoms in total. The summed E-state index contributed by atoms with van der Waals surface area (Å²) in [5.74, 6) is -0.226. The monoisotopic (exact) mass is 389 g/mol. The molecule has 1 N–H and O–H groups in total. The highest BCUT2D eigenvalue weighted by atomic mass is 32.1. The summed E-state index contributed by atoms with van der Waals surface area (Å²) in [6.07, 6.45) is 0.713. The minimum absolute atomic E-state index is 0.0328. The Kier molecular flexibility index (Phi) is 8.00. The summed E-state index contributed by atoms with van der Waals surface area (Å²) in [7, 11) is 1.61. The van der Waals surface area contributed by atoms with Crippen LogP contribution in [0.25, 0.3) is 0 Å². The van der Waals surface area contributed by atoms with Gasteiger partial charge >= 0.3 is 5.97 Å². The first-order valence-corrected chi connectivity index (χ1v) is 9.44. The van der Waals surface area contributed by atoms with E-state index in [2.05, 4.69) is 5.32 Å². The second kappa shape index (κ2) is 10.5. The van der Waals surface area contributed by atoms with Gasteiger partial charge in [0.25, 0.3) is 5.91 Å². The van der Waals surface area contributed by atoms with Gasteiger partial charge < -0.3 is 14.8 Å². The number of aryl methyl sites for hydroxylation is 1. The molecule has 0 aliphatic carbocycles. The van der Waals surface area contributed by atoms with Crippen LogP contribution in [-0.2, 0) is 20.7 Å². The van der Waals surface area contributed by atoms with Gasteiger partial charge in [-0.15, -0.1) is 11.3 Å². The average molecular weight is 389 g/mol. The highest BCUT2D eigenvalue weighted by Crippen LogP contribution is 2.17. The number of rotatable bonds is 10. The van der Waals surface area contributed by atoms with Gasteiger partial charge in [0.15, 0.2) is 12.4 Å². The van der Waals surface area contributed by atoms with E-state index >= 15 is 0 Å². The summed E-state index contributed by atoms with van der Waals surface area (Å²) in [5, 5.41) is 2.70. The van der Waals surface area contributed by atoms with Gasteiger partial charge in [-0.1, -0.05) is 12.1 Å². The number of ether oxygens (including phenoxy) is 2. The second-order valence-electron chi connectivity index (χ2n) is 5.94. The average Bonchev–Trinajstić information content (AvgIpc) is 3.11. The van der Waals surface area contributed by atoms with Crippen LogP contribution in [0.1, 0.15) is 33.0 Å².